The molecule has 0 aliphatic heterocycles. The van der Waals surface area contributed by atoms with E-state index in [1.165, 1.54) is 13.2 Å². The molecule has 0 amide bonds. The molecule has 0 bridgehead atoms. The Hall–Kier alpha value is -2.10. The quantitative estimate of drug-likeness (QED) is 0.780. The zero-order chi connectivity index (χ0) is 13.3. The van der Waals surface area contributed by atoms with E-state index in [-0.39, 0.29) is 5.75 Å². The number of nitrogens with zero attached hydrogens (tertiary/aromatic N) is 1. The van der Waals surface area contributed by atoms with Gasteiger partial charge in [-0.1, -0.05) is 0 Å². The lowest BCUT2D eigenvalue weighted by atomic mass is 10.2. The van der Waals surface area contributed by atoms with Gasteiger partial charge in [0.1, 0.15) is 0 Å². The van der Waals surface area contributed by atoms with Crippen LogP contribution in [0.3, 0.4) is 0 Å². The van der Waals surface area contributed by atoms with Crippen LogP contribution in [0, 0.1) is 19.7 Å². The van der Waals surface area contributed by atoms with Gasteiger partial charge in [-0.25, -0.2) is 4.39 Å². The fourth-order valence-corrected chi connectivity index (χ4v) is 2.09. The predicted octanol–water partition coefficient (Wildman–Crippen LogP) is 3.05. The van der Waals surface area contributed by atoms with Crippen molar-refractivity contribution in [3.05, 3.63) is 47.0 Å². The number of rotatable bonds is 3. The molecule has 0 aliphatic rings. The number of benzene rings is 1. The van der Waals surface area contributed by atoms with Crippen LogP contribution in [0.1, 0.15) is 21.7 Å². The van der Waals surface area contributed by atoms with Crippen LogP contribution >= 0.6 is 0 Å². The van der Waals surface area contributed by atoms with E-state index < -0.39 is 5.82 Å². The van der Waals surface area contributed by atoms with E-state index in [1.807, 2.05) is 18.4 Å². The van der Waals surface area contributed by atoms with E-state index >= 15 is 0 Å². The first-order chi connectivity index (χ1) is 8.58. The zero-order valence-corrected chi connectivity index (χ0v) is 10.5. The van der Waals surface area contributed by atoms with Crippen LogP contribution in [0.2, 0.25) is 0 Å². The lowest BCUT2D eigenvalue weighted by Gasteiger charge is -2.11. The van der Waals surface area contributed by atoms with Gasteiger partial charge in [0.25, 0.3) is 0 Å². The molecule has 1 aromatic heterocycles. The summed E-state index contributed by atoms with van der Waals surface area (Å²) >= 11 is 0. The molecule has 1 aromatic carbocycles. The molecule has 0 radical (unpaired) electrons. The zero-order valence-electron chi connectivity index (χ0n) is 10.5. The Bertz CT molecular complexity index is 602. The summed E-state index contributed by atoms with van der Waals surface area (Å²) in [6, 6.07) is 6.43. The number of carbonyl (C=O) groups excluding carboxylic acids is 1. The molecule has 2 rings (SSSR count). The van der Waals surface area contributed by atoms with Gasteiger partial charge in [0.05, 0.1) is 7.11 Å². The minimum absolute atomic E-state index is 0.188. The normalized spacial score (nSPS) is 10.4. The molecular weight excluding hydrogens is 233 g/mol. The number of ether oxygens (including phenoxy) is 1. The van der Waals surface area contributed by atoms with E-state index in [2.05, 4.69) is 0 Å². The highest BCUT2D eigenvalue weighted by Gasteiger charge is 2.12. The van der Waals surface area contributed by atoms with Gasteiger partial charge in [0, 0.05) is 28.7 Å². The van der Waals surface area contributed by atoms with E-state index in [9.17, 15) is 9.18 Å². The second kappa shape index (κ2) is 4.64. The summed E-state index contributed by atoms with van der Waals surface area (Å²) in [4.78, 5) is 10.9. The van der Waals surface area contributed by atoms with Gasteiger partial charge in [-0.05, 0) is 32.0 Å². The third-order valence-corrected chi connectivity index (χ3v) is 2.99. The number of aromatic nitrogens is 1. The molecule has 3 nitrogen and oxygen atoms in total. The first-order valence-corrected chi connectivity index (χ1v) is 5.56. The molecule has 0 fully saturated rings. The van der Waals surface area contributed by atoms with E-state index in [0.717, 1.165) is 23.4 Å². The summed E-state index contributed by atoms with van der Waals surface area (Å²) < 4.78 is 20.2. The summed E-state index contributed by atoms with van der Waals surface area (Å²) in [6.07, 6.45) is 0.819. The van der Waals surface area contributed by atoms with E-state index in [0.29, 0.717) is 5.56 Å². The van der Waals surface area contributed by atoms with Crippen LogP contribution in [0.15, 0.2) is 24.3 Å². The van der Waals surface area contributed by atoms with Crippen molar-refractivity contribution in [2.45, 2.75) is 13.8 Å². The van der Waals surface area contributed by atoms with Gasteiger partial charge >= 0.3 is 0 Å². The molecule has 0 unspecified atom stereocenters. The van der Waals surface area contributed by atoms with E-state index in [1.54, 1.807) is 18.2 Å². The number of halogens is 1. The number of carbonyl (C=O) groups is 1. The Morgan fingerprint density at radius 2 is 2.00 bits per heavy atom. The second-order valence-corrected chi connectivity index (χ2v) is 4.10. The van der Waals surface area contributed by atoms with Crippen molar-refractivity contribution < 1.29 is 13.9 Å². The predicted molar refractivity (Wildman–Crippen MR) is 67.1 cm³/mol. The highest BCUT2D eigenvalue weighted by Crippen LogP contribution is 2.25. The Morgan fingerprint density at radius 3 is 2.56 bits per heavy atom. The van der Waals surface area contributed by atoms with Crippen LogP contribution in [0.5, 0.6) is 5.75 Å². The minimum atomic E-state index is -0.403. The largest absolute Gasteiger partial charge is 0.494 e. The van der Waals surface area contributed by atoms with Gasteiger partial charge in [0.2, 0.25) is 0 Å². The first kappa shape index (κ1) is 12.4. The fraction of sp³-hybridized carbons (Fsp3) is 0.214. The average molecular weight is 247 g/mol. The topological polar surface area (TPSA) is 31.2 Å². The van der Waals surface area contributed by atoms with Gasteiger partial charge < -0.3 is 9.30 Å². The van der Waals surface area contributed by atoms with Crippen molar-refractivity contribution in [2.75, 3.05) is 7.11 Å². The number of methoxy groups -OCH3 is 1. The third-order valence-electron chi connectivity index (χ3n) is 2.99. The molecule has 0 N–H and O–H groups in total. The monoisotopic (exact) mass is 247 g/mol. The molecule has 1 heterocycles. The highest BCUT2D eigenvalue weighted by atomic mass is 19.1. The van der Waals surface area contributed by atoms with Crippen LogP contribution in [0.4, 0.5) is 4.39 Å². The number of aldehydes is 1. The van der Waals surface area contributed by atoms with Gasteiger partial charge in [-0.15, -0.1) is 0 Å². The molecule has 0 aliphatic carbocycles. The molecule has 2 aromatic rings. The summed E-state index contributed by atoms with van der Waals surface area (Å²) in [5, 5.41) is 0. The van der Waals surface area contributed by atoms with Crippen molar-refractivity contribution in [1.82, 2.24) is 4.57 Å². The smallest absolute Gasteiger partial charge is 0.165 e. The summed E-state index contributed by atoms with van der Waals surface area (Å²) in [5.74, 6) is -0.216. The molecule has 18 heavy (non-hydrogen) atoms. The van der Waals surface area contributed by atoms with Crippen LogP contribution in [-0.2, 0) is 0 Å². The van der Waals surface area contributed by atoms with Crippen molar-refractivity contribution in [2.24, 2.45) is 0 Å². The number of aryl methyl sites for hydroxylation is 1. The maximum Gasteiger partial charge on any atom is 0.165 e. The van der Waals surface area contributed by atoms with Crippen molar-refractivity contribution in [3.63, 3.8) is 0 Å². The molecule has 0 spiro atoms. The summed E-state index contributed by atoms with van der Waals surface area (Å²) in [7, 11) is 1.43. The molecule has 0 atom stereocenters. The summed E-state index contributed by atoms with van der Waals surface area (Å²) in [5.41, 5.74) is 3.16. The molecular formula is C14H14FNO2. The van der Waals surface area contributed by atoms with Crippen molar-refractivity contribution in [1.29, 1.82) is 0 Å². The molecule has 0 saturated heterocycles. The maximum absolute atomic E-state index is 13.4. The lowest BCUT2D eigenvalue weighted by Crippen LogP contribution is -2.01. The fourth-order valence-electron chi connectivity index (χ4n) is 2.09. The van der Waals surface area contributed by atoms with Crippen LogP contribution in [0.25, 0.3) is 5.69 Å². The average Bonchev–Trinajstić information content (AvgIpc) is 2.65. The first-order valence-electron chi connectivity index (χ1n) is 5.56. The summed E-state index contributed by atoms with van der Waals surface area (Å²) in [6.45, 7) is 3.75. The molecule has 94 valence electrons. The lowest BCUT2D eigenvalue weighted by molar-refractivity contribution is 0.112. The Morgan fingerprint density at radius 1 is 1.28 bits per heavy atom. The number of hydrogen-bond acceptors (Lipinski definition) is 2. The van der Waals surface area contributed by atoms with Crippen molar-refractivity contribution in [3.8, 4) is 11.4 Å². The van der Waals surface area contributed by atoms with E-state index in [4.69, 9.17) is 4.74 Å². The van der Waals surface area contributed by atoms with Gasteiger partial charge in [0.15, 0.2) is 17.9 Å². The Kier molecular flexibility index (Phi) is 3.19. The number of hydrogen-bond donors (Lipinski definition) is 0. The highest BCUT2D eigenvalue weighted by molar-refractivity contribution is 5.77. The minimum Gasteiger partial charge on any atom is -0.494 e. The second-order valence-electron chi connectivity index (χ2n) is 4.10. The Labute approximate surface area is 105 Å². The van der Waals surface area contributed by atoms with Crippen molar-refractivity contribution >= 4 is 6.29 Å². The third kappa shape index (κ3) is 1.90. The molecule has 0 saturated carbocycles. The SMILES string of the molecule is COc1cc(-n2c(C)cc(C=O)c2C)ccc1F. The standard InChI is InChI=1S/C14H14FNO2/c1-9-6-11(8-17)10(2)16(9)12-4-5-13(15)14(7-12)18-3/h4-8H,1-3H3. The van der Waals surface area contributed by atoms with Gasteiger partial charge in [-0.3, -0.25) is 4.79 Å². The Balaban J connectivity index is 2.62. The van der Waals surface area contributed by atoms with Gasteiger partial charge in [-0.2, -0.15) is 0 Å². The maximum atomic E-state index is 13.4. The van der Waals surface area contributed by atoms with Crippen LogP contribution in [-0.4, -0.2) is 18.0 Å². The van der Waals surface area contributed by atoms with Crippen LogP contribution < -0.4 is 4.74 Å². The molecule has 4 heteroatoms.